The number of para-hydroxylation sites is 4. The molecule has 2 atom stereocenters. The number of hydrogen-bond donors (Lipinski definition) is 0. The smallest absolute Gasteiger partial charge is 0.238 e. The van der Waals surface area contributed by atoms with Crippen molar-refractivity contribution in [1.82, 2.24) is 0 Å². The maximum atomic E-state index is 5.90. The normalized spacial score (nSPS) is 12.7. The third-order valence-electron chi connectivity index (χ3n) is 3.53. The van der Waals surface area contributed by atoms with Crippen molar-refractivity contribution in [2.45, 2.75) is 26.4 Å². The van der Waals surface area contributed by atoms with E-state index in [4.69, 9.17) is 18.9 Å². The number of ether oxygens (including phenoxy) is 4. The lowest BCUT2D eigenvalue weighted by Crippen LogP contribution is -2.22. The number of benzene rings is 3. The van der Waals surface area contributed by atoms with E-state index in [9.17, 15) is 0 Å². The van der Waals surface area contributed by atoms with E-state index in [-0.39, 0.29) is 0 Å². The molecule has 0 amide bonds. The largest absolute Gasteiger partial charge is 0.455 e. The summed E-state index contributed by atoms with van der Waals surface area (Å²) in [5.74, 6) is 2.69. The van der Waals surface area contributed by atoms with Gasteiger partial charge in [-0.3, -0.25) is 0 Å². The van der Waals surface area contributed by atoms with Gasteiger partial charge in [0.05, 0.1) is 0 Å². The van der Waals surface area contributed by atoms with E-state index in [1.165, 1.54) is 0 Å². The van der Waals surface area contributed by atoms with E-state index in [1.54, 1.807) is 0 Å². The maximum Gasteiger partial charge on any atom is 0.238 e. The standard InChI is InChI=1S/C22H22O4/c1-17(23-19-11-5-3-6-12-19)25-21-15-9-10-16-22(21)26-18(2)24-20-13-7-4-8-14-20/h3-18H,1-2H3. The van der Waals surface area contributed by atoms with Gasteiger partial charge in [-0.2, -0.15) is 0 Å². The van der Waals surface area contributed by atoms with Crippen LogP contribution in [0.5, 0.6) is 23.0 Å². The molecule has 4 nitrogen and oxygen atoms in total. The molecule has 0 spiro atoms. The van der Waals surface area contributed by atoms with Gasteiger partial charge in [-0.05, 0) is 36.4 Å². The van der Waals surface area contributed by atoms with Crippen LogP contribution in [0.4, 0.5) is 0 Å². The Bertz CT molecular complexity index is 721. The fourth-order valence-corrected chi connectivity index (χ4v) is 2.43. The van der Waals surface area contributed by atoms with Crippen molar-refractivity contribution in [1.29, 1.82) is 0 Å². The van der Waals surface area contributed by atoms with E-state index >= 15 is 0 Å². The lowest BCUT2D eigenvalue weighted by molar-refractivity contribution is 0.000707. The van der Waals surface area contributed by atoms with Gasteiger partial charge in [-0.25, -0.2) is 0 Å². The Morgan fingerprint density at radius 1 is 0.462 bits per heavy atom. The van der Waals surface area contributed by atoms with Gasteiger partial charge in [0.15, 0.2) is 11.5 Å². The molecular formula is C22H22O4. The van der Waals surface area contributed by atoms with E-state index in [0.717, 1.165) is 11.5 Å². The zero-order chi connectivity index (χ0) is 18.2. The number of rotatable bonds is 8. The monoisotopic (exact) mass is 350 g/mol. The predicted molar refractivity (Wildman–Crippen MR) is 101 cm³/mol. The van der Waals surface area contributed by atoms with Crippen LogP contribution in [0.2, 0.25) is 0 Å². The van der Waals surface area contributed by atoms with Gasteiger partial charge in [0.1, 0.15) is 11.5 Å². The molecule has 4 heteroatoms. The summed E-state index contributed by atoms with van der Waals surface area (Å²) < 4.78 is 23.3. The van der Waals surface area contributed by atoms with Gasteiger partial charge in [-0.15, -0.1) is 0 Å². The van der Waals surface area contributed by atoms with Gasteiger partial charge < -0.3 is 18.9 Å². The predicted octanol–water partition coefficient (Wildman–Crippen LogP) is 5.29. The Kier molecular flexibility index (Phi) is 5.99. The van der Waals surface area contributed by atoms with Crippen molar-refractivity contribution in [3.63, 3.8) is 0 Å². The van der Waals surface area contributed by atoms with E-state index in [1.807, 2.05) is 98.8 Å². The van der Waals surface area contributed by atoms with Crippen LogP contribution in [0.15, 0.2) is 84.9 Å². The third-order valence-corrected chi connectivity index (χ3v) is 3.53. The van der Waals surface area contributed by atoms with Crippen LogP contribution in [0.25, 0.3) is 0 Å². The van der Waals surface area contributed by atoms with Gasteiger partial charge >= 0.3 is 0 Å². The summed E-state index contributed by atoms with van der Waals surface area (Å²) in [6.45, 7) is 3.68. The van der Waals surface area contributed by atoms with Crippen LogP contribution in [0.3, 0.4) is 0 Å². The van der Waals surface area contributed by atoms with Gasteiger partial charge in [0.2, 0.25) is 12.6 Å². The molecule has 0 heterocycles. The molecule has 134 valence electrons. The first-order valence-corrected chi connectivity index (χ1v) is 8.56. The first-order chi connectivity index (χ1) is 12.7. The van der Waals surface area contributed by atoms with Crippen LogP contribution < -0.4 is 18.9 Å². The minimum Gasteiger partial charge on any atom is -0.455 e. The molecule has 0 N–H and O–H groups in total. The highest BCUT2D eigenvalue weighted by Gasteiger charge is 2.13. The fourth-order valence-electron chi connectivity index (χ4n) is 2.43. The summed E-state index contributed by atoms with van der Waals surface area (Å²) in [4.78, 5) is 0. The molecule has 3 rings (SSSR count). The highest BCUT2D eigenvalue weighted by molar-refractivity contribution is 5.39. The molecule has 0 radical (unpaired) electrons. The van der Waals surface area contributed by atoms with Gasteiger partial charge in [-0.1, -0.05) is 48.5 Å². The molecule has 3 aromatic rings. The highest BCUT2D eigenvalue weighted by atomic mass is 16.7. The summed E-state index contributed by atoms with van der Waals surface area (Å²) in [5.41, 5.74) is 0. The highest BCUT2D eigenvalue weighted by Crippen LogP contribution is 2.29. The van der Waals surface area contributed by atoms with Crippen LogP contribution in [-0.2, 0) is 0 Å². The van der Waals surface area contributed by atoms with Crippen LogP contribution in [-0.4, -0.2) is 12.6 Å². The molecule has 3 aromatic carbocycles. The lowest BCUT2D eigenvalue weighted by Gasteiger charge is -2.21. The van der Waals surface area contributed by atoms with Crippen molar-refractivity contribution in [3.05, 3.63) is 84.9 Å². The van der Waals surface area contributed by atoms with Crippen molar-refractivity contribution in [3.8, 4) is 23.0 Å². The molecule has 0 aliphatic carbocycles. The second-order valence-electron chi connectivity index (χ2n) is 5.68. The van der Waals surface area contributed by atoms with Crippen LogP contribution in [0.1, 0.15) is 13.8 Å². The van der Waals surface area contributed by atoms with Crippen LogP contribution in [0, 0.1) is 0 Å². The maximum absolute atomic E-state index is 5.90. The average molecular weight is 350 g/mol. The molecule has 0 saturated heterocycles. The Hall–Kier alpha value is -3.14. The summed E-state index contributed by atoms with van der Waals surface area (Å²) in [6.07, 6.45) is -0.931. The minimum atomic E-state index is -0.465. The zero-order valence-electron chi connectivity index (χ0n) is 14.9. The molecular weight excluding hydrogens is 328 g/mol. The van der Waals surface area contributed by atoms with Crippen molar-refractivity contribution < 1.29 is 18.9 Å². The fraction of sp³-hybridized carbons (Fsp3) is 0.182. The molecule has 0 aliphatic heterocycles. The first-order valence-electron chi connectivity index (χ1n) is 8.56. The Labute approximate surface area is 153 Å². The summed E-state index contributed by atoms with van der Waals surface area (Å²) in [5, 5.41) is 0. The zero-order valence-corrected chi connectivity index (χ0v) is 14.9. The Morgan fingerprint density at radius 2 is 0.808 bits per heavy atom. The summed E-state index contributed by atoms with van der Waals surface area (Å²) in [7, 11) is 0. The van der Waals surface area contributed by atoms with Crippen molar-refractivity contribution in [2.75, 3.05) is 0 Å². The van der Waals surface area contributed by atoms with E-state index in [2.05, 4.69) is 0 Å². The van der Waals surface area contributed by atoms with Gasteiger partial charge in [0, 0.05) is 13.8 Å². The molecule has 2 unspecified atom stereocenters. The lowest BCUT2D eigenvalue weighted by atomic mass is 10.3. The third kappa shape index (κ3) is 5.18. The minimum absolute atomic E-state index is 0.465. The van der Waals surface area contributed by atoms with E-state index < -0.39 is 12.6 Å². The molecule has 0 bridgehead atoms. The Morgan fingerprint density at radius 3 is 1.19 bits per heavy atom. The summed E-state index contributed by atoms with van der Waals surface area (Å²) >= 11 is 0. The molecule has 0 fully saturated rings. The van der Waals surface area contributed by atoms with Crippen molar-refractivity contribution in [2.24, 2.45) is 0 Å². The second-order valence-corrected chi connectivity index (χ2v) is 5.68. The molecule has 0 saturated carbocycles. The second kappa shape index (κ2) is 8.81. The Balaban J connectivity index is 1.62. The molecule has 0 aromatic heterocycles. The topological polar surface area (TPSA) is 36.9 Å². The number of hydrogen-bond acceptors (Lipinski definition) is 4. The van der Waals surface area contributed by atoms with E-state index in [0.29, 0.717) is 11.5 Å². The van der Waals surface area contributed by atoms with Crippen LogP contribution >= 0.6 is 0 Å². The molecule has 0 aliphatic rings. The first kappa shape index (κ1) is 17.7. The molecule has 26 heavy (non-hydrogen) atoms. The summed E-state index contributed by atoms with van der Waals surface area (Å²) in [6, 6.07) is 26.6. The average Bonchev–Trinajstić information content (AvgIpc) is 2.65. The quantitative estimate of drug-likeness (QED) is 0.517. The van der Waals surface area contributed by atoms with Gasteiger partial charge in [0.25, 0.3) is 0 Å². The SMILES string of the molecule is CC(Oc1ccccc1)Oc1ccccc1OC(C)Oc1ccccc1. The van der Waals surface area contributed by atoms with Crippen molar-refractivity contribution >= 4 is 0 Å².